The number of aromatic nitrogens is 2. The number of hydrogen-bond donors (Lipinski definition) is 0. The van der Waals surface area contributed by atoms with Crippen molar-refractivity contribution in [3.8, 4) is 0 Å². The lowest BCUT2D eigenvalue weighted by molar-refractivity contribution is -0.146. The highest BCUT2D eigenvalue weighted by Crippen LogP contribution is 2.36. The van der Waals surface area contributed by atoms with Gasteiger partial charge in [0.2, 0.25) is 0 Å². The maximum Gasteiger partial charge on any atom is 0.305 e. The molecule has 1 aromatic rings. The number of carbonyl (C=O) groups is 3. The third-order valence-electron chi connectivity index (χ3n) is 17.2. The van der Waals surface area contributed by atoms with Crippen molar-refractivity contribution in [2.24, 2.45) is 17.3 Å². The van der Waals surface area contributed by atoms with Gasteiger partial charge in [-0.15, -0.1) is 0 Å². The zero-order valence-electron chi connectivity index (χ0n) is 53.7. The smallest absolute Gasteiger partial charge is 0.305 e. The number of ether oxygens (including phenoxy) is 3. The van der Waals surface area contributed by atoms with Gasteiger partial charge in [0.25, 0.3) is 0 Å². The van der Waals surface area contributed by atoms with E-state index in [-0.39, 0.29) is 23.3 Å². The summed E-state index contributed by atoms with van der Waals surface area (Å²) in [5, 5.41) is 0. The fraction of sp³-hybridized carbons (Fsp3) is 0.914. The van der Waals surface area contributed by atoms with E-state index in [1.54, 1.807) is 0 Å². The monoisotopic (exact) mass is 1110 g/mol. The minimum atomic E-state index is -0.0127. The highest BCUT2D eigenvalue weighted by molar-refractivity contribution is 5.69. The van der Waals surface area contributed by atoms with E-state index in [4.69, 9.17) is 14.2 Å². The van der Waals surface area contributed by atoms with E-state index < -0.39 is 0 Å². The minimum Gasteiger partial charge on any atom is -0.466 e. The Kier molecular flexibility index (Phi) is 51.8. The van der Waals surface area contributed by atoms with E-state index >= 15 is 0 Å². The first-order valence-electron chi connectivity index (χ1n) is 34.8. The minimum absolute atomic E-state index is 0.00290. The zero-order chi connectivity index (χ0) is 57.5. The standard InChI is InChI=1S/C70H133N3O6/c1-8-13-18-21-22-27-35-44-60-77-67(74)51-39-31-25-26-34-43-57-73(58-45-56-72-59-55-71-63-72)66(50-38-29-23-24-30-40-52-68(75)78-61-64(46-16-11-4)48-36-19-14-9-2)70(6,7)54-42-33-28-32-41-53-69(76)79-62-65(47-17-12-5)49-37-20-15-10-3/h55,59,63-66H,8-54,56-58,60-62H2,1-7H3. The number of esters is 3. The molecule has 0 N–H and O–H groups in total. The summed E-state index contributed by atoms with van der Waals surface area (Å²) in [5.41, 5.74) is 0.179. The first-order valence-corrected chi connectivity index (χ1v) is 34.8. The third kappa shape index (κ3) is 45.7. The van der Waals surface area contributed by atoms with Gasteiger partial charge in [0.15, 0.2) is 0 Å². The lowest BCUT2D eigenvalue weighted by Gasteiger charge is -2.43. The highest BCUT2D eigenvalue weighted by atomic mass is 16.5. The second-order valence-corrected chi connectivity index (χ2v) is 25.3. The van der Waals surface area contributed by atoms with E-state index in [0.717, 1.165) is 71.0 Å². The molecule has 0 aromatic carbocycles. The molecule has 9 heteroatoms. The number of imidazole rings is 1. The van der Waals surface area contributed by atoms with Crippen molar-refractivity contribution in [3.63, 3.8) is 0 Å². The molecule has 0 bridgehead atoms. The summed E-state index contributed by atoms with van der Waals surface area (Å²) < 4.78 is 19.5. The summed E-state index contributed by atoms with van der Waals surface area (Å²) in [6.07, 6.45) is 60.4. The molecule has 3 unspecified atom stereocenters. The molecule has 1 aromatic heterocycles. The fourth-order valence-corrected chi connectivity index (χ4v) is 11.9. The van der Waals surface area contributed by atoms with Crippen LogP contribution in [0.3, 0.4) is 0 Å². The van der Waals surface area contributed by atoms with Crippen LogP contribution in [0.2, 0.25) is 0 Å². The van der Waals surface area contributed by atoms with Crippen molar-refractivity contribution < 1.29 is 28.6 Å². The largest absolute Gasteiger partial charge is 0.466 e. The summed E-state index contributed by atoms with van der Waals surface area (Å²) >= 11 is 0. The van der Waals surface area contributed by atoms with Gasteiger partial charge in [-0.3, -0.25) is 19.3 Å². The average molecular weight is 1110 g/mol. The number of rotatable bonds is 61. The van der Waals surface area contributed by atoms with E-state index in [1.807, 2.05) is 12.5 Å². The molecule has 0 amide bonds. The van der Waals surface area contributed by atoms with E-state index in [1.165, 1.54) is 231 Å². The zero-order valence-corrected chi connectivity index (χ0v) is 53.7. The predicted octanol–water partition coefficient (Wildman–Crippen LogP) is 20.9. The van der Waals surface area contributed by atoms with Crippen molar-refractivity contribution in [1.82, 2.24) is 14.5 Å². The molecule has 0 aliphatic carbocycles. The molecule has 0 aliphatic rings. The van der Waals surface area contributed by atoms with E-state index in [9.17, 15) is 14.4 Å². The molecule has 0 fully saturated rings. The molecule has 9 nitrogen and oxygen atoms in total. The summed E-state index contributed by atoms with van der Waals surface area (Å²) in [4.78, 5) is 45.2. The van der Waals surface area contributed by atoms with Crippen molar-refractivity contribution >= 4 is 17.9 Å². The summed E-state index contributed by atoms with van der Waals surface area (Å²) in [7, 11) is 0. The van der Waals surface area contributed by atoms with Gasteiger partial charge in [0.05, 0.1) is 26.1 Å². The van der Waals surface area contributed by atoms with Gasteiger partial charge >= 0.3 is 17.9 Å². The van der Waals surface area contributed by atoms with Crippen LogP contribution >= 0.6 is 0 Å². The van der Waals surface area contributed by atoms with Crippen molar-refractivity contribution in [2.75, 3.05) is 32.9 Å². The van der Waals surface area contributed by atoms with Crippen molar-refractivity contribution in [1.29, 1.82) is 0 Å². The molecule has 0 saturated heterocycles. The van der Waals surface area contributed by atoms with Crippen LogP contribution in [-0.4, -0.2) is 71.3 Å². The molecule has 0 spiro atoms. The number of unbranched alkanes of at least 4 members (excludes halogenated alkanes) is 29. The Balaban J connectivity index is 2.77. The number of nitrogens with zero attached hydrogens (tertiary/aromatic N) is 3. The molecule has 3 atom stereocenters. The van der Waals surface area contributed by atoms with Gasteiger partial charge in [-0.25, -0.2) is 4.98 Å². The maximum absolute atomic E-state index is 12.8. The lowest BCUT2D eigenvalue weighted by Crippen LogP contribution is -2.46. The van der Waals surface area contributed by atoms with Gasteiger partial charge in [-0.05, 0) is 101 Å². The van der Waals surface area contributed by atoms with Gasteiger partial charge in [-0.2, -0.15) is 0 Å². The molecule has 464 valence electrons. The third-order valence-corrected chi connectivity index (χ3v) is 17.2. The van der Waals surface area contributed by atoms with Crippen LogP contribution in [0.4, 0.5) is 0 Å². The van der Waals surface area contributed by atoms with E-state index in [0.29, 0.717) is 57.0 Å². The molecule has 79 heavy (non-hydrogen) atoms. The van der Waals surface area contributed by atoms with Crippen LogP contribution in [-0.2, 0) is 35.1 Å². The summed E-state index contributed by atoms with van der Waals surface area (Å²) in [6.45, 7) is 21.4. The van der Waals surface area contributed by atoms with Gasteiger partial charge in [-0.1, -0.05) is 254 Å². The Hall–Kier alpha value is -2.42. The SMILES string of the molecule is CCCCCCCCCCOC(=O)CCCCCCCCN(CCCn1ccnc1)C(CCCCCCCCC(=O)OCC(CCCC)CCCCCC)C(C)(C)CCCCCCCC(=O)OCC(CCCC)CCCCCC. The Morgan fingerprint density at radius 3 is 1.29 bits per heavy atom. The summed E-state index contributed by atoms with van der Waals surface area (Å²) in [5.74, 6) is 1.03. The molecular formula is C70H133N3O6. The normalized spacial score (nSPS) is 13.0. The van der Waals surface area contributed by atoms with Crippen LogP contribution in [0.5, 0.6) is 0 Å². The topological polar surface area (TPSA) is 100.0 Å². The number of aryl methyl sites for hydroxylation is 1. The van der Waals surface area contributed by atoms with E-state index in [2.05, 4.69) is 69.1 Å². The van der Waals surface area contributed by atoms with Crippen LogP contribution in [0, 0.1) is 17.3 Å². The van der Waals surface area contributed by atoms with Crippen molar-refractivity contribution in [3.05, 3.63) is 18.7 Å². The number of hydrogen-bond acceptors (Lipinski definition) is 8. The Bertz CT molecular complexity index is 1470. The van der Waals surface area contributed by atoms with Crippen LogP contribution in [0.1, 0.15) is 350 Å². The van der Waals surface area contributed by atoms with Crippen LogP contribution in [0.25, 0.3) is 0 Å². The second kappa shape index (κ2) is 54.8. The molecule has 0 radical (unpaired) electrons. The fourth-order valence-electron chi connectivity index (χ4n) is 11.9. The quantitative estimate of drug-likeness (QED) is 0.0361. The first-order chi connectivity index (χ1) is 38.6. The molecular weight excluding hydrogens is 979 g/mol. The van der Waals surface area contributed by atoms with Gasteiger partial charge in [0, 0.05) is 50.8 Å². The predicted molar refractivity (Wildman–Crippen MR) is 337 cm³/mol. The Morgan fingerprint density at radius 2 is 0.810 bits per heavy atom. The average Bonchev–Trinajstić information content (AvgIpc) is 3.97. The first kappa shape index (κ1) is 74.6. The second-order valence-electron chi connectivity index (χ2n) is 25.3. The summed E-state index contributed by atoms with van der Waals surface area (Å²) in [6, 6.07) is 0.511. The molecule has 0 aliphatic heterocycles. The maximum atomic E-state index is 12.8. The Morgan fingerprint density at radius 1 is 0.430 bits per heavy atom. The highest BCUT2D eigenvalue weighted by Gasteiger charge is 2.33. The molecule has 1 heterocycles. The van der Waals surface area contributed by atoms with Gasteiger partial charge in [0.1, 0.15) is 0 Å². The molecule has 1 rings (SSSR count). The van der Waals surface area contributed by atoms with Crippen LogP contribution < -0.4 is 0 Å². The van der Waals surface area contributed by atoms with Crippen LogP contribution in [0.15, 0.2) is 18.7 Å². The number of carbonyl (C=O) groups excluding carboxylic acids is 3. The molecule has 0 saturated carbocycles. The Labute approximate surface area is 490 Å². The van der Waals surface area contributed by atoms with Gasteiger partial charge < -0.3 is 18.8 Å². The van der Waals surface area contributed by atoms with Crippen molar-refractivity contribution in [2.45, 2.75) is 363 Å². The lowest BCUT2D eigenvalue weighted by atomic mass is 9.76.